The summed E-state index contributed by atoms with van der Waals surface area (Å²) in [4.78, 5) is 10.5. The molecule has 5 N–H and O–H groups in total. The predicted octanol–water partition coefficient (Wildman–Crippen LogP) is -3.39. The van der Waals surface area contributed by atoms with Gasteiger partial charge < -0.3 is 28.3 Å². The van der Waals surface area contributed by atoms with Crippen LogP contribution in [0.3, 0.4) is 0 Å². The molecule has 0 aromatic carbocycles. The Morgan fingerprint density at radius 1 is 1.35 bits per heavy atom. The Bertz CT molecular complexity index is 335. The first-order valence-corrected chi connectivity index (χ1v) is 6.23. The number of nitrogens with zero attached hydrogens (tertiary/aromatic N) is 2. The Balaban J connectivity index is 0.00000256. The molecule has 0 aliphatic carbocycles. The molecule has 98 valence electrons. The average Bonchev–Trinajstić information content (AvgIpc) is 2.70. The molecule has 1 aromatic rings. The third-order valence-electron chi connectivity index (χ3n) is 1.93. The van der Waals surface area contributed by atoms with E-state index in [0.717, 1.165) is 32.2 Å². The van der Waals surface area contributed by atoms with E-state index in [-0.39, 0.29) is 24.1 Å². The second kappa shape index (κ2) is 9.26. The van der Waals surface area contributed by atoms with Crippen LogP contribution in [0.5, 0.6) is 0 Å². The van der Waals surface area contributed by atoms with Crippen molar-refractivity contribution in [2.24, 2.45) is 5.73 Å². The maximum absolute atomic E-state index is 10.5. The van der Waals surface area contributed by atoms with Crippen molar-refractivity contribution in [1.82, 2.24) is 10.2 Å². The fourth-order valence-corrected chi connectivity index (χ4v) is 1.68. The van der Waals surface area contributed by atoms with Gasteiger partial charge in [0.15, 0.2) is 0 Å². The maximum atomic E-state index is 10.5. The van der Waals surface area contributed by atoms with Crippen molar-refractivity contribution in [3.8, 4) is 0 Å². The number of nitrogens with two attached hydrogens (primary N) is 1. The van der Waals surface area contributed by atoms with Gasteiger partial charge >= 0.3 is 0 Å². The zero-order chi connectivity index (χ0) is 11.8. The number of carbonyl (C=O) groups is 1. The van der Waals surface area contributed by atoms with Crippen LogP contribution in [0.25, 0.3) is 0 Å². The topological polar surface area (TPSA) is 110 Å². The summed E-state index contributed by atoms with van der Waals surface area (Å²) in [6.07, 6.45) is 4.05. The van der Waals surface area contributed by atoms with Gasteiger partial charge in [-0.1, -0.05) is 11.8 Å². The molecular formula is C9H17ClN4O2S. The van der Waals surface area contributed by atoms with Gasteiger partial charge in [-0.25, -0.2) is 0 Å². The average molecular weight is 281 g/mol. The van der Waals surface area contributed by atoms with Gasteiger partial charge in [0.05, 0.1) is 12.3 Å². The number of aromatic nitrogens is 2. The van der Waals surface area contributed by atoms with Crippen LogP contribution in [-0.2, 0) is 11.2 Å². The fourth-order valence-electron chi connectivity index (χ4n) is 1.16. The summed E-state index contributed by atoms with van der Waals surface area (Å²) in [5.41, 5.74) is 8.78. The molecule has 0 atom stereocenters. The molecule has 0 unspecified atom stereocenters. The zero-order valence-corrected chi connectivity index (χ0v) is 11.1. The molecule has 0 radical (unpaired) electrons. The lowest BCUT2D eigenvalue weighted by atomic mass is 10.2. The van der Waals surface area contributed by atoms with Crippen LogP contribution in [0.4, 0.5) is 0 Å². The van der Waals surface area contributed by atoms with Gasteiger partial charge in [-0.3, -0.25) is 4.79 Å². The molecule has 1 aromatic heterocycles. The quantitative estimate of drug-likeness (QED) is 0.381. The normalized spacial score (nSPS) is 9.94. The minimum absolute atomic E-state index is 0. The highest BCUT2D eigenvalue weighted by atomic mass is 35.5. The van der Waals surface area contributed by atoms with Crippen molar-refractivity contribution in [3.05, 3.63) is 5.89 Å². The van der Waals surface area contributed by atoms with E-state index in [1.807, 2.05) is 0 Å². The van der Waals surface area contributed by atoms with Crippen LogP contribution in [0.2, 0.25) is 0 Å². The Morgan fingerprint density at radius 2 is 2.12 bits per heavy atom. The van der Waals surface area contributed by atoms with Crippen molar-refractivity contribution in [2.45, 2.75) is 30.9 Å². The number of carbonyl (C=O) groups excluding carboxylic acids is 1. The molecule has 1 amide bonds. The molecule has 0 aliphatic heterocycles. The SMILES string of the molecule is NC(=O)CSc1nnc(CCCCC[NH3+])o1.[Cl-]. The molecule has 6 nitrogen and oxygen atoms in total. The first kappa shape index (κ1) is 16.2. The van der Waals surface area contributed by atoms with Gasteiger partial charge in [0.2, 0.25) is 11.8 Å². The molecule has 8 heteroatoms. The molecule has 0 spiro atoms. The van der Waals surface area contributed by atoms with Crippen molar-refractivity contribution >= 4 is 17.7 Å². The first-order valence-electron chi connectivity index (χ1n) is 5.25. The standard InChI is InChI=1S/C9H16N4O2S.ClH/c10-5-3-1-2-4-8-12-13-9(15-8)16-6-7(11)14;/h1-6,10H2,(H2,11,14);1H. The zero-order valence-electron chi connectivity index (χ0n) is 9.52. The summed E-state index contributed by atoms with van der Waals surface area (Å²) in [5, 5.41) is 8.11. The van der Waals surface area contributed by atoms with Gasteiger partial charge in [0.25, 0.3) is 5.22 Å². The van der Waals surface area contributed by atoms with Crippen molar-refractivity contribution < 1.29 is 27.4 Å². The molecular weight excluding hydrogens is 264 g/mol. The number of thioether (sulfide) groups is 1. The number of primary amides is 1. The summed E-state index contributed by atoms with van der Waals surface area (Å²) in [6, 6.07) is 0. The van der Waals surface area contributed by atoms with Crippen LogP contribution >= 0.6 is 11.8 Å². The minimum Gasteiger partial charge on any atom is -1.00 e. The number of hydrogen-bond donors (Lipinski definition) is 2. The van der Waals surface area contributed by atoms with Crippen molar-refractivity contribution in [1.29, 1.82) is 0 Å². The molecule has 17 heavy (non-hydrogen) atoms. The van der Waals surface area contributed by atoms with Crippen LogP contribution in [0.1, 0.15) is 25.2 Å². The van der Waals surface area contributed by atoms with Crippen LogP contribution < -0.4 is 23.9 Å². The lowest BCUT2D eigenvalue weighted by Gasteiger charge is -1.93. The van der Waals surface area contributed by atoms with Crippen molar-refractivity contribution in [2.75, 3.05) is 12.3 Å². The second-order valence-corrected chi connectivity index (χ2v) is 4.31. The summed E-state index contributed by atoms with van der Waals surface area (Å²) < 4.78 is 5.33. The smallest absolute Gasteiger partial charge is 0.277 e. The lowest BCUT2D eigenvalue weighted by Crippen LogP contribution is -3.00. The Hall–Kier alpha value is -0.790. The molecule has 1 heterocycles. The maximum Gasteiger partial charge on any atom is 0.277 e. The van der Waals surface area contributed by atoms with E-state index >= 15 is 0 Å². The number of quaternary nitrogens is 1. The van der Waals surface area contributed by atoms with E-state index in [4.69, 9.17) is 10.2 Å². The fraction of sp³-hybridized carbons (Fsp3) is 0.667. The van der Waals surface area contributed by atoms with Gasteiger partial charge in [-0.15, -0.1) is 10.2 Å². The molecule has 0 fully saturated rings. The largest absolute Gasteiger partial charge is 1.00 e. The second-order valence-electron chi connectivity index (χ2n) is 3.38. The van der Waals surface area contributed by atoms with Gasteiger partial charge in [0.1, 0.15) is 0 Å². The number of aryl methyl sites for hydroxylation is 1. The monoisotopic (exact) mass is 280 g/mol. The summed E-state index contributed by atoms with van der Waals surface area (Å²) >= 11 is 1.17. The summed E-state index contributed by atoms with van der Waals surface area (Å²) in [6.45, 7) is 0.962. The van der Waals surface area contributed by atoms with E-state index in [2.05, 4.69) is 15.9 Å². The highest BCUT2D eigenvalue weighted by Crippen LogP contribution is 2.16. The van der Waals surface area contributed by atoms with E-state index in [1.54, 1.807) is 0 Å². The predicted molar refractivity (Wildman–Crippen MR) is 59.5 cm³/mol. The summed E-state index contributed by atoms with van der Waals surface area (Å²) in [5.74, 6) is 0.402. The van der Waals surface area contributed by atoms with Crippen LogP contribution in [0, 0.1) is 0 Å². The van der Waals surface area contributed by atoms with E-state index in [9.17, 15) is 4.79 Å². The van der Waals surface area contributed by atoms with E-state index in [0.29, 0.717) is 11.1 Å². The number of halogens is 1. The lowest BCUT2D eigenvalue weighted by molar-refractivity contribution is -0.368. The van der Waals surface area contributed by atoms with Crippen LogP contribution in [0.15, 0.2) is 9.64 Å². The number of amides is 1. The number of hydrogen-bond acceptors (Lipinski definition) is 5. The highest BCUT2D eigenvalue weighted by molar-refractivity contribution is 7.99. The Morgan fingerprint density at radius 3 is 2.76 bits per heavy atom. The van der Waals surface area contributed by atoms with E-state index < -0.39 is 0 Å². The molecule has 1 rings (SSSR count). The van der Waals surface area contributed by atoms with Crippen molar-refractivity contribution in [3.63, 3.8) is 0 Å². The third-order valence-corrected chi connectivity index (χ3v) is 2.77. The van der Waals surface area contributed by atoms with Gasteiger partial charge in [-0.05, 0) is 19.3 Å². The highest BCUT2D eigenvalue weighted by Gasteiger charge is 2.07. The molecule has 0 saturated heterocycles. The van der Waals surface area contributed by atoms with Crippen LogP contribution in [-0.4, -0.2) is 28.4 Å². The third kappa shape index (κ3) is 7.19. The van der Waals surface area contributed by atoms with Gasteiger partial charge in [-0.2, -0.15) is 0 Å². The first-order chi connectivity index (χ1) is 7.72. The summed E-state index contributed by atoms with van der Waals surface area (Å²) in [7, 11) is 0. The molecule has 0 bridgehead atoms. The molecule has 0 aliphatic rings. The van der Waals surface area contributed by atoms with E-state index in [1.165, 1.54) is 11.8 Å². The number of rotatable bonds is 8. The minimum atomic E-state index is -0.389. The Kier molecular flexibility index (Phi) is 8.83. The Labute approximate surface area is 110 Å². The molecule has 0 saturated carbocycles. The number of unbranched alkanes of at least 4 members (excludes halogenated alkanes) is 2. The van der Waals surface area contributed by atoms with Gasteiger partial charge in [0, 0.05) is 6.42 Å².